The summed E-state index contributed by atoms with van der Waals surface area (Å²) in [6, 6.07) is 2.81. The van der Waals surface area contributed by atoms with Gasteiger partial charge in [0.1, 0.15) is 0 Å². The summed E-state index contributed by atoms with van der Waals surface area (Å²) in [5, 5.41) is 0. The molecule has 0 atom stereocenters. The SMILES string of the molecule is CC[NH+]1CCN(C(=O)c2ccc(C)c(F)c2F)CC1. The molecule has 1 aliphatic heterocycles. The number of carbonyl (C=O) groups excluding carboxylic acids is 1. The predicted molar refractivity (Wildman–Crippen MR) is 68.2 cm³/mol. The zero-order chi connectivity index (χ0) is 14.0. The number of rotatable bonds is 2. The first-order valence-electron chi connectivity index (χ1n) is 6.62. The fourth-order valence-corrected chi connectivity index (χ4v) is 2.36. The van der Waals surface area contributed by atoms with Crippen molar-refractivity contribution in [3.8, 4) is 0 Å². The van der Waals surface area contributed by atoms with Gasteiger partial charge in [-0.2, -0.15) is 0 Å². The fraction of sp³-hybridized carbons (Fsp3) is 0.500. The first-order valence-corrected chi connectivity index (χ1v) is 6.62. The van der Waals surface area contributed by atoms with Crippen molar-refractivity contribution in [3.05, 3.63) is 34.9 Å². The highest BCUT2D eigenvalue weighted by Crippen LogP contribution is 2.17. The normalized spacial score (nSPS) is 16.7. The summed E-state index contributed by atoms with van der Waals surface area (Å²) in [6.45, 7) is 7.51. The molecule has 0 spiro atoms. The predicted octanol–water partition coefficient (Wildman–Crippen LogP) is 0.634. The van der Waals surface area contributed by atoms with Crippen LogP contribution in [-0.2, 0) is 0 Å². The van der Waals surface area contributed by atoms with Crippen LogP contribution in [-0.4, -0.2) is 43.5 Å². The summed E-state index contributed by atoms with van der Waals surface area (Å²) in [6.07, 6.45) is 0. The Morgan fingerprint density at radius 3 is 2.47 bits per heavy atom. The molecule has 2 rings (SSSR count). The molecule has 1 saturated heterocycles. The number of quaternary nitrogens is 1. The number of hydrogen-bond donors (Lipinski definition) is 1. The molecule has 0 saturated carbocycles. The van der Waals surface area contributed by atoms with Crippen LogP contribution >= 0.6 is 0 Å². The van der Waals surface area contributed by atoms with E-state index in [4.69, 9.17) is 0 Å². The number of benzene rings is 1. The highest BCUT2D eigenvalue weighted by Gasteiger charge is 2.26. The highest BCUT2D eigenvalue weighted by molar-refractivity contribution is 5.94. The molecule has 1 aromatic rings. The van der Waals surface area contributed by atoms with Gasteiger partial charge in [-0.25, -0.2) is 8.78 Å². The maximum absolute atomic E-state index is 13.8. The summed E-state index contributed by atoms with van der Waals surface area (Å²) in [5.41, 5.74) is 0.0531. The van der Waals surface area contributed by atoms with Gasteiger partial charge in [-0.15, -0.1) is 0 Å². The number of nitrogens with one attached hydrogen (secondary N) is 1. The molecule has 1 heterocycles. The second-order valence-electron chi connectivity index (χ2n) is 4.95. The van der Waals surface area contributed by atoms with E-state index in [9.17, 15) is 13.6 Å². The van der Waals surface area contributed by atoms with Gasteiger partial charge in [0.25, 0.3) is 5.91 Å². The van der Waals surface area contributed by atoms with Crippen molar-refractivity contribution in [2.45, 2.75) is 13.8 Å². The Bertz CT molecular complexity index is 483. The van der Waals surface area contributed by atoms with E-state index in [-0.39, 0.29) is 11.1 Å². The second-order valence-corrected chi connectivity index (χ2v) is 4.95. The molecule has 0 aromatic heterocycles. The Labute approximate surface area is 111 Å². The lowest BCUT2D eigenvalue weighted by molar-refractivity contribution is -0.902. The van der Waals surface area contributed by atoms with Gasteiger partial charge in [0.2, 0.25) is 0 Å². The van der Waals surface area contributed by atoms with Crippen molar-refractivity contribution in [1.82, 2.24) is 4.90 Å². The van der Waals surface area contributed by atoms with Gasteiger partial charge in [-0.05, 0) is 25.5 Å². The van der Waals surface area contributed by atoms with Crippen LogP contribution in [0.15, 0.2) is 12.1 Å². The molecular formula is C14H19F2N2O+. The van der Waals surface area contributed by atoms with Gasteiger partial charge in [0.15, 0.2) is 11.6 Å². The van der Waals surface area contributed by atoms with Crippen molar-refractivity contribution < 1.29 is 18.5 Å². The minimum atomic E-state index is -1.03. The monoisotopic (exact) mass is 269 g/mol. The Morgan fingerprint density at radius 2 is 1.89 bits per heavy atom. The van der Waals surface area contributed by atoms with E-state index in [0.29, 0.717) is 13.1 Å². The van der Waals surface area contributed by atoms with Gasteiger partial charge in [-0.1, -0.05) is 6.07 Å². The molecule has 0 unspecified atom stereocenters. The first kappa shape index (κ1) is 13.9. The van der Waals surface area contributed by atoms with E-state index in [1.54, 1.807) is 4.90 Å². The van der Waals surface area contributed by atoms with Crippen LogP contribution < -0.4 is 4.90 Å². The fourth-order valence-electron chi connectivity index (χ4n) is 2.36. The van der Waals surface area contributed by atoms with E-state index in [0.717, 1.165) is 19.6 Å². The summed E-state index contributed by atoms with van der Waals surface area (Å²) in [4.78, 5) is 15.2. The molecule has 19 heavy (non-hydrogen) atoms. The summed E-state index contributed by atoms with van der Waals surface area (Å²) in [7, 11) is 0. The molecule has 1 N–H and O–H groups in total. The lowest BCUT2D eigenvalue weighted by Crippen LogP contribution is -3.14. The number of halogens is 2. The lowest BCUT2D eigenvalue weighted by Gasteiger charge is -2.31. The molecule has 1 amide bonds. The first-order chi connectivity index (χ1) is 9.04. The van der Waals surface area contributed by atoms with E-state index in [1.165, 1.54) is 24.0 Å². The van der Waals surface area contributed by atoms with Crippen LogP contribution in [0.5, 0.6) is 0 Å². The number of carbonyl (C=O) groups is 1. The molecule has 0 radical (unpaired) electrons. The average molecular weight is 269 g/mol. The number of aryl methyl sites for hydroxylation is 1. The van der Waals surface area contributed by atoms with Crippen LogP contribution in [0.25, 0.3) is 0 Å². The molecule has 3 nitrogen and oxygen atoms in total. The standard InChI is InChI=1S/C14H18F2N2O/c1-3-17-6-8-18(9-7-17)14(19)11-5-4-10(2)12(15)13(11)16/h4-5H,3,6-9H2,1-2H3/p+1. The van der Waals surface area contributed by atoms with Gasteiger partial charge in [0, 0.05) is 0 Å². The third kappa shape index (κ3) is 2.76. The zero-order valence-electron chi connectivity index (χ0n) is 11.3. The van der Waals surface area contributed by atoms with Crippen LogP contribution in [0.1, 0.15) is 22.8 Å². The smallest absolute Gasteiger partial charge is 0.257 e. The zero-order valence-corrected chi connectivity index (χ0v) is 11.3. The van der Waals surface area contributed by atoms with Gasteiger partial charge in [0.05, 0.1) is 38.3 Å². The molecule has 1 aromatic carbocycles. The van der Waals surface area contributed by atoms with Crippen LogP contribution in [0, 0.1) is 18.6 Å². The van der Waals surface area contributed by atoms with Crippen LogP contribution in [0.2, 0.25) is 0 Å². The Hall–Kier alpha value is -1.49. The van der Waals surface area contributed by atoms with E-state index < -0.39 is 17.5 Å². The van der Waals surface area contributed by atoms with Crippen molar-refractivity contribution in [2.75, 3.05) is 32.7 Å². The Balaban J connectivity index is 2.15. The number of nitrogens with zero attached hydrogens (tertiary/aromatic N) is 1. The molecule has 5 heteroatoms. The molecule has 0 aliphatic carbocycles. The third-order valence-corrected chi connectivity index (χ3v) is 3.76. The summed E-state index contributed by atoms with van der Waals surface area (Å²) < 4.78 is 27.3. The summed E-state index contributed by atoms with van der Waals surface area (Å²) in [5.74, 6) is -2.37. The molecular weight excluding hydrogens is 250 g/mol. The number of piperazine rings is 1. The molecule has 1 aliphatic rings. The maximum atomic E-state index is 13.8. The Morgan fingerprint density at radius 1 is 1.26 bits per heavy atom. The van der Waals surface area contributed by atoms with Crippen molar-refractivity contribution in [2.24, 2.45) is 0 Å². The minimum Gasteiger partial charge on any atom is -0.332 e. The Kier molecular flexibility index (Phi) is 4.14. The minimum absolute atomic E-state index is 0.164. The number of amides is 1. The van der Waals surface area contributed by atoms with Crippen LogP contribution in [0.4, 0.5) is 8.78 Å². The molecule has 0 bridgehead atoms. The summed E-state index contributed by atoms with van der Waals surface area (Å²) >= 11 is 0. The largest absolute Gasteiger partial charge is 0.332 e. The van der Waals surface area contributed by atoms with E-state index in [1.807, 2.05) is 0 Å². The van der Waals surface area contributed by atoms with E-state index in [2.05, 4.69) is 6.92 Å². The number of likely N-dealkylation sites (N-methyl/N-ethyl adjacent to an activating group) is 1. The topological polar surface area (TPSA) is 24.8 Å². The molecule has 104 valence electrons. The lowest BCUT2D eigenvalue weighted by atomic mass is 10.1. The van der Waals surface area contributed by atoms with Gasteiger partial charge in [-0.3, -0.25) is 4.79 Å². The highest BCUT2D eigenvalue weighted by atomic mass is 19.2. The number of hydrogen-bond acceptors (Lipinski definition) is 1. The van der Waals surface area contributed by atoms with Gasteiger partial charge >= 0.3 is 0 Å². The second kappa shape index (κ2) is 5.65. The maximum Gasteiger partial charge on any atom is 0.257 e. The van der Waals surface area contributed by atoms with Crippen molar-refractivity contribution in [1.29, 1.82) is 0 Å². The van der Waals surface area contributed by atoms with Gasteiger partial charge < -0.3 is 9.80 Å². The van der Waals surface area contributed by atoms with E-state index >= 15 is 0 Å². The van der Waals surface area contributed by atoms with Crippen molar-refractivity contribution >= 4 is 5.91 Å². The quantitative estimate of drug-likeness (QED) is 0.837. The molecule has 1 fully saturated rings. The third-order valence-electron chi connectivity index (χ3n) is 3.76. The van der Waals surface area contributed by atoms with Crippen molar-refractivity contribution in [3.63, 3.8) is 0 Å². The van der Waals surface area contributed by atoms with Crippen LogP contribution in [0.3, 0.4) is 0 Å². The average Bonchev–Trinajstić information content (AvgIpc) is 2.44.